The number of nitrogens with zero attached hydrogens (tertiary/aromatic N) is 4. The van der Waals surface area contributed by atoms with Gasteiger partial charge in [-0.3, -0.25) is 0 Å². The fourth-order valence-electron chi connectivity index (χ4n) is 2.79. The molecule has 2 aromatic rings. The summed E-state index contributed by atoms with van der Waals surface area (Å²) in [5.74, 6) is 1.96. The molecule has 3 rings (SSSR count). The third kappa shape index (κ3) is 2.94. The molecule has 0 spiro atoms. The minimum absolute atomic E-state index is 0.855. The molecule has 112 valence electrons. The zero-order valence-corrected chi connectivity index (χ0v) is 14.0. The molecule has 2 aromatic heterocycles. The summed E-state index contributed by atoms with van der Waals surface area (Å²) in [4.78, 5) is 15.5. The molecular formula is C16H22N4S. The highest BCUT2D eigenvalue weighted by molar-refractivity contribution is 7.10. The van der Waals surface area contributed by atoms with Crippen molar-refractivity contribution in [1.82, 2.24) is 14.9 Å². The number of thiophene rings is 1. The van der Waals surface area contributed by atoms with E-state index < -0.39 is 0 Å². The van der Waals surface area contributed by atoms with Crippen LogP contribution in [0.3, 0.4) is 0 Å². The second-order valence-corrected chi connectivity index (χ2v) is 6.92. The lowest BCUT2D eigenvalue weighted by Gasteiger charge is -2.34. The average molecular weight is 302 g/mol. The van der Waals surface area contributed by atoms with E-state index in [1.54, 1.807) is 11.3 Å². The maximum Gasteiger partial charge on any atom is 0.135 e. The van der Waals surface area contributed by atoms with Crippen LogP contribution in [0.4, 0.5) is 5.82 Å². The van der Waals surface area contributed by atoms with Gasteiger partial charge in [-0.25, -0.2) is 9.97 Å². The molecule has 0 aliphatic carbocycles. The lowest BCUT2D eigenvalue weighted by molar-refractivity contribution is 0.312. The Kier molecular flexibility index (Phi) is 3.95. The molecular weight excluding hydrogens is 280 g/mol. The number of piperazine rings is 1. The van der Waals surface area contributed by atoms with Gasteiger partial charge < -0.3 is 9.80 Å². The molecule has 0 aromatic carbocycles. The Labute approximate surface area is 130 Å². The first-order valence-electron chi connectivity index (χ1n) is 7.39. The Bertz CT molecular complexity index is 642. The summed E-state index contributed by atoms with van der Waals surface area (Å²) in [6.45, 7) is 10.5. The molecule has 0 bridgehead atoms. The van der Waals surface area contributed by atoms with Crippen LogP contribution in [0.2, 0.25) is 0 Å². The minimum Gasteiger partial charge on any atom is -0.354 e. The van der Waals surface area contributed by atoms with Crippen molar-refractivity contribution < 1.29 is 0 Å². The molecule has 1 aliphatic heterocycles. The maximum absolute atomic E-state index is 4.71. The predicted octanol–water partition coefficient (Wildman–Crippen LogP) is 2.88. The number of aromatic nitrogens is 2. The summed E-state index contributed by atoms with van der Waals surface area (Å²) in [6.07, 6.45) is 0. The second kappa shape index (κ2) is 5.73. The van der Waals surface area contributed by atoms with Crippen molar-refractivity contribution in [3.63, 3.8) is 0 Å². The molecule has 0 N–H and O–H groups in total. The molecule has 0 unspecified atom stereocenters. The predicted molar refractivity (Wildman–Crippen MR) is 89.3 cm³/mol. The van der Waals surface area contributed by atoms with Crippen LogP contribution in [0, 0.1) is 20.8 Å². The SMILES string of the molecule is Cc1nc(-c2csc(C)c2)c(C)c(N2CCN(C)CC2)n1. The van der Waals surface area contributed by atoms with Crippen LogP contribution in [0.25, 0.3) is 11.3 Å². The zero-order chi connectivity index (χ0) is 15.0. The van der Waals surface area contributed by atoms with Crippen molar-refractivity contribution >= 4 is 17.2 Å². The Morgan fingerprint density at radius 3 is 2.38 bits per heavy atom. The van der Waals surface area contributed by atoms with Gasteiger partial charge in [0.1, 0.15) is 11.6 Å². The van der Waals surface area contributed by atoms with Crippen LogP contribution >= 0.6 is 11.3 Å². The van der Waals surface area contributed by atoms with Gasteiger partial charge in [-0.2, -0.15) is 0 Å². The molecule has 4 nitrogen and oxygen atoms in total. The lowest BCUT2D eigenvalue weighted by Crippen LogP contribution is -2.45. The summed E-state index contributed by atoms with van der Waals surface area (Å²) in [7, 11) is 2.18. The summed E-state index contributed by atoms with van der Waals surface area (Å²) in [6, 6.07) is 2.22. The molecule has 3 heterocycles. The van der Waals surface area contributed by atoms with Gasteiger partial charge >= 0.3 is 0 Å². The first kappa shape index (κ1) is 14.5. The van der Waals surface area contributed by atoms with Crippen LogP contribution in [0.1, 0.15) is 16.3 Å². The highest BCUT2D eigenvalue weighted by Crippen LogP contribution is 2.31. The first-order chi connectivity index (χ1) is 10.0. The van der Waals surface area contributed by atoms with Crippen LogP contribution in [0.15, 0.2) is 11.4 Å². The van der Waals surface area contributed by atoms with Crippen LogP contribution < -0.4 is 4.90 Å². The van der Waals surface area contributed by atoms with Gasteiger partial charge in [0, 0.05) is 47.6 Å². The third-order valence-corrected chi connectivity index (χ3v) is 4.90. The summed E-state index contributed by atoms with van der Waals surface area (Å²) >= 11 is 1.77. The fourth-order valence-corrected chi connectivity index (χ4v) is 3.48. The summed E-state index contributed by atoms with van der Waals surface area (Å²) in [5.41, 5.74) is 3.50. The quantitative estimate of drug-likeness (QED) is 0.854. The largest absolute Gasteiger partial charge is 0.354 e. The molecule has 1 fully saturated rings. The number of anilines is 1. The topological polar surface area (TPSA) is 32.3 Å². The van der Waals surface area contributed by atoms with Crippen molar-refractivity contribution in [2.24, 2.45) is 0 Å². The number of likely N-dealkylation sites (N-methyl/N-ethyl adjacent to an activating group) is 1. The number of rotatable bonds is 2. The van der Waals surface area contributed by atoms with Gasteiger partial charge in [-0.15, -0.1) is 11.3 Å². The van der Waals surface area contributed by atoms with E-state index >= 15 is 0 Å². The standard InChI is InChI=1S/C16H22N4S/c1-11-9-14(10-21-11)15-12(2)16(18-13(3)17-15)20-7-5-19(4)6-8-20/h9-10H,5-8H2,1-4H3. The fraction of sp³-hybridized carbons (Fsp3) is 0.500. The monoisotopic (exact) mass is 302 g/mol. The van der Waals surface area contributed by atoms with Gasteiger partial charge in [0.05, 0.1) is 5.69 Å². The van der Waals surface area contributed by atoms with Gasteiger partial charge in [0.15, 0.2) is 0 Å². The number of hydrogen-bond acceptors (Lipinski definition) is 5. The third-order valence-electron chi connectivity index (χ3n) is 4.04. The van der Waals surface area contributed by atoms with Crippen LogP contribution in [-0.2, 0) is 0 Å². The highest BCUT2D eigenvalue weighted by Gasteiger charge is 2.20. The lowest BCUT2D eigenvalue weighted by atomic mass is 10.1. The van der Waals surface area contributed by atoms with Gasteiger partial charge in [0.2, 0.25) is 0 Å². The normalized spacial score (nSPS) is 16.5. The van der Waals surface area contributed by atoms with Crippen molar-refractivity contribution in [2.75, 3.05) is 38.1 Å². The molecule has 21 heavy (non-hydrogen) atoms. The van der Waals surface area contributed by atoms with Crippen molar-refractivity contribution in [1.29, 1.82) is 0 Å². The van der Waals surface area contributed by atoms with E-state index in [0.29, 0.717) is 0 Å². The molecule has 1 aliphatic rings. The maximum atomic E-state index is 4.71. The van der Waals surface area contributed by atoms with Crippen LogP contribution in [-0.4, -0.2) is 48.1 Å². The summed E-state index contributed by atoms with van der Waals surface area (Å²) < 4.78 is 0. The Morgan fingerprint density at radius 2 is 1.76 bits per heavy atom. The van der Waals surface area contributed by atoms with Crippen molar-refractivity contribution in [3.05, 3.63) is 27.7 Å². The van der Waals surface area contributed by atoms with Crippen LogP contribution in [0.5, 0.6) is 0 Å². The minimum atomic E-state index is 0.855. The molecule has 0 amide bonds. The molecule has 0 atom stereocenters. The van der Waals surface area contributed by atoms with Gasteiger partial charge in [-0.1, -0.05) is 0 Å². The first-order valence-corrected chi connectivity index (χ1v) is 8.27. The van der Waals surface area contributed by atoms with Crippen molar-refractivity contribution in [3.8, 4) is 11.3 Å². The van der Waals surface area contributed by atoms with E-state index in [9.17, 15) is 0 Å². The van der Waals surface area contributed by atoms with E-state index in [-0.39, 0.29) is 0 Å². The molecule has 0 radical (unpaired) electrons. The van der Waals surface area contributed by atoms with E-state index in [1.165, 1.54) is 16.0 Å². The van der Waals surface area contributed by atoms with E-state index in [2.05, 4.69) is 47.1 Å². The van der Waals surface area contributed by atoms with E-state index in [4.69, 9.17) is 4.98 Å². The zero-order valence-electron chi connectivity index (χ0n) is 13.2. The molecule has 5 heteroatoms. The summed E-state index contributed by atoms with van der Waals surface area (Å²) in [5, 5.41) is 2.19. The number of hydrogen-bond donors (Lipinski definition) is 0. The Balaban J connectivity index is 2.00. The second-order valence-electron chi connectivity index (χ2n) is 5.80. The Hall–Kier alpha value is -1.46. The van der Waals surface area contributed by atoms with Crippen molar-refractivity contribution in [2.45, 2.75) is 20.8 Å². The van der Waals surface area contributed by atoms with Gasteiger partial charge in [-0.05, 0) is 33.9 Å². The average Bonchev–Trinajstić information content (AvgIpc) is 2.88. The Morgan fingerprint density at radius 1 is 1.05 bits per heavy atom. The smallest absolute Gasteiger partial charge is 0.135 e. The van der Waals surface area contributed by atoms with E-state index in [1.807, 2.05) is 6.92 Å². The number of aryl methyl sites for hydroxylation is 2. The van der Waals surface area contributed by atoms with Gasteiger partial charge in [0.25, 0.3) is 0 Å². The highest BCUT2D eigenvalue weighted by atomic mass is 32.1. The molecule has 1 saturated heterocycles. The van der Waals surface area contributed by atoms with E-state index in [0.717, 1.165) is 43.5 Å². The molecule has 0 saturated carbocycles.